The van der Waals surface area contributed by atoms with Crippen LogP contribution < -0.4 is 0 Å². The molecule has 2 unspecified atom stereocenters. The number of rotatable bonds is 10. The maximum absolute atomic E-state index is 11.6. The van der Waals surface area contributed by atoms with E-state index in [2.05, 4.69) is 69.9 Å². The van der Waals surface area contributed by atoms with E-state index in [0.29, 0.717) is 5.92 Å². The summed E-state index contributed by atoms with van der Waals surface area (Å²) >= 11 is 0. The molecule has 27 heavy (non-hydrogen) atoms. The van der Waals surface area contributed by atoms with Crippen LogP contribution >= 0.6 is 0 Å². The predicted octanol–water partition coefficient (Wildman–Crippen LogP) is 6.35. The average molecular weight is 369 g/mol. The zero-order chi connectivity index (χ0) is 20.1. The van der Waals surface area contributed by atoms with Gasteiger partial charge in [0, 0.05) is 19.3 Å². The largest absolute Gasteiger partial charge is 0.449 e. The summed E-state index contributed by atoms with van der Waals surface area (Å²) in [4.78, 5) is 11.6. The van der Waals surface area contributed by atoms with Crippen LogP contribution in [0.2, 0.25) is 0 Å². The zero-order valence-corrected chi connectivity index (χ0v) is 17.8. The summed E-state index contributed by atoms with van der Waals surface area (Å²) in [6, 6.07) is 10.5. The number of carbonyl (C=O) groups excluding carboxylic acids is 1. The van der Waals surface area contributed by atoms with Gasteiger partial charge in [-0.15, -0.1) is 0 Å². The van der Waals surface area contributed by atoms with E-state index in [-0.39, 0.29) is 18.0 Å². The Hall–Kier alpha value is -2.01. The molecule has 0 aliphatic heterocycles. The predicted molar refractivity (Wildman–Crippen MR) is 114 cm³/mol. The molecule has 0 aliphatic rings. The number of unbranched alkanes of at least 4 members (excludes halogenated alkanes) is 3. The van der Waals surface area contributed by atoms with Crippen molar-refractivity contribution in [1.29, 1.82) is 0 Å². The Balaban J connectivity index is 2.83. The van der Waals surface area contributed by atoms with E-state index in [0.717, 1.165) is 25.7 Å². The summed E-state index contributed by atoms with van der Waals surface area (Å²) in [5, 5.41) is 0. The van der Waals surface area contributed by atoms with E-state index in [1.54, 1.807) is 0 Å². The zero-order valence-electron chi connectivity index (χ0n) is 17.8. The SMILES string of the molecule is CCCCCC#CC(OC(C)=O)C(/C(C)=C\CCc1ccccc1)C(C)C. The lowest BCUT2D eigenvalue weighted by molar-refractivity contribution is -0.145. The molecule has 2 heteroatoms. The molecule has 148 valence electrons. The van der Waals surface area contributed by atoms with Gasteiger partial charge in [0.25, 0.3) is 0 Å². The lowest BCUT2D eigenvalue weighted by Crippen LogP contribution is -2.29. The maximum atomic E-state index is 11.6. The summed E-state index contributed by atoms with van der Waals surface area (Å²) in [6.45, 7) is 10.2. The molecule has 0 radical (unpaired) electrons. The Morgan fingerprint density at radius 1 is 1.15 bits per heavy atom. The molecule has 2 nitrogen and oxygen atoms in total. The molecule has 1 aromatic carbocycles. The van der Waals surface area contributed by atoms with Gasteiger partial charge in [-0.3, -0.25) is 4.79 Å². The molecule has 0 aromatic heterocycles. The molecular weight excluding hydrogens is 332 g/mol. The number of hydrogen-bond acceptors (Lipinski definition) is 2. The summed E-state index contributed by atoms with van der Waals surface area (Å²) in [6.07, 6.45) is 8.28. The topological polar surface area (TPSA) is 26.3 Å². The Labute approximate surface area is 166 Å². The van der Waals surface area contributed by atoms with Crippen LogP contribution in [-0.2, 0) is 16.0 Å². The molecule has 0 aliphatic carbocycles. The van der Waals surface area contributed by atoms with E-state index in [4.69, 9.17) is 4.74 Å². The molecule has 0 bridgehead atoms. The van der Waals surface area contributed by atoms with Crippen LogP contribution in [0.3, 0.4) is 0 Å². The maximum Gasteiger partial charge on any atom is 0.303 e. The van der Waals surface area contributed by atoms with Crippen LogP contribution in [0.4, 0.5) is 0 Å². The van der Waals surface area contributed by atoms with E-state index in [1.165, 1.54) is 30.9 Å². The van der Waals surface area contributed by atoms with Gasteiger partial charge in [0.15, 0.2) is 6.10 Å². The van der Waals surface area contributed by atoms with Gasteiger partial charge in [-0.2, -0.15) is 0 Å². The molecule has 1 rings (SSSR count). The van der Waals surface area contributed by atoms with Gasteiger partial charge in [-0.1, -0.05) is 87.4 Å². The number of aryl methyl sites for hydroxylation is 1. The molecule has 1 aromatic rings. The molecule has 2 atom stereocenters. The monoisotopic (exact) mass is 368 g/mol. The Morgan fingerprint density at radius 3 is 2.44 bits per heavy atom. The van der Waals surface area contributed by atoms with Crippen LogP contribution in [-0.4, -0.2) is 12.1 Å². The molecule has 0 amide bonds. The summed E-state index contributed by atoms with van der Waals surface area (Å²) in [5.41, 5.74) is 2.60. The highest BCUT2D eigenvalue weighted by Crippen LogP contribution is 2.27. The lowest BCUT2D eigenvalue weighted by Gasteiger charge is -2.27. The van der Waals surface area contributed by atoms with Crippen molar-refractivity contribution in [2.45, 2.75) is 79.2 Å². The third kappa shape index (κ3) is 9.48. The first-order chi connectivity index (χ1) is 13.0. The van der Waals surface area contributed by atoms with Crippen molar-refractivity contribution in [3.05, 3.63) is 47.5 Å². The van der Waals surface area contributed by atoms with E-state index in [9.17, 15) is 4.79 Å². The third-order valence-corrected chi connectivity index (χ3v) is 4.75. The summed E-state index contributed by atoms with van der Waals surface area (Å²) < 4.78 is 5.61. The fourth-order valence-electron chi connectivity index (χ4n) is 3.37. The van der Waals surface area contributed by atoms with Gasteiger partial charge in [-0.05, 0) is 37.7 Å². The minimum absolute atomic E-state index is 0.128. The quantitative estimate of drug-likeness (QED) is 0.208. The van der Waals surface area contributed by atoms with Crippen molar-refractivity contribution in [1.82, 2.24) is 0 Å². The van der Waals surface area contributed by atoms with Gasteiger partial charge >= 0.3 is 5.97 Å². The standard InChI is InChI=1S/C25H36O2/c1-6-7-8-9-13-19-24(27-22(5)26)25(20(2)3)21(4)15-14-18-23-16-11-10-12-17-23/h10-12,15-17,20,24-25H,6-9,14,18H2,1-5H3/b21-15-. The first-order valence-electron chi connectivity index (χ1n) is 10.3. The minimum Gasteiger partial charge on any atom is -0.449 e. The Kier molecular flexibility index (Phi) is 11.3. The molecule has 0 fully saturated rings. The first-order valence-corrected chi connectivity index (χ1v) is 10.3. The molecule has 0 saturated heterocycles. The second-order valence-electron chi connectivity index (χ2n) is 7.55. The summed E-state index contributed by atoms with van der Waals surface area (Å²) in [5.74, 6) is 6.71. The number of ether oxygens (including phenoxy) is 1. The third-order valence-electron chi connectivity index (χ3n) is 4.75. The number of esters is 1. The average Bonchev–Trinajstić information content (AvgIpc) is 2.61. The molecular formula is C25H36O2. The lowest BCUT2D eigenvalue weighted by atomic mass is 9.83. The highest BCUT2D eigenvalue weighted by Gasteiger charge is 2.27. The van der Waals surface area contributed by atoms with E-state index in [1.807, 2.05) is 6.07 Å². The number of hydrogen-bond donors (Lipinski definition) is 0. The van der Waals surface area contributed by atoms with E-state index < -0.39 is 0 Å². The Bertz CT molecular complexity index is 631. The van der Waals surface area contributed by atoms with Crippen molar-refractivity contribution >= 4 is 5.97 Å². The number of allylic oxidation sites excluding steroid dienone is 1. The van der Waals surface area contributed by atoms with Gasteiger partial charge in [0.05, 0.1) is 0 Å². The van der Waals surface area contributed by atoms with E-state index >= 15 is 0 Å². The smallest absolute Gasteiger partial charge is 0.303 e. The molecule has 0 N–H and O–H groups in total. The van der Waals surface area contributed by atoms with Crippen LogP contribution in [0.5, 0.6) is 0 Å². The highest BCUT2D eigenvalue weighted by molar-refractivity contribution is 5.66. The number of carbonyl (C=O) groups is 1. The molecule has 0 saturated carbocycles. The molecule has 0 spiro atoms. The van der Waals surface area contributed by atoms with Crippen molar-refractivity contribution in [3.63, 3.8) is 0 Å². The first kappa shape index (κ1) is 23.0. The fraction of sp³-hybridized carbons (Fsp3) is 0.560. The normalized spacial score (nSPS) is 13.6. The van der Waals surface area contributed by atoms with Gasteiger partial charge < -0.3 is 4.74 Å². The second-order valence-corrected chi connectivity index (χ2v) is 7.55. The van der Waals surface area contributed by atoms with Crippen molar-refractivity contribution in [2.24, 2.45) is 11.8 Å². The van der Waals surface area contributed by atoms with Gasteiger partial charge in [-0.25, -0.2) is 0 Å². The van der Waals surface area contributed by atoms with Crippen LogP contribution in [0.1, 0.15) is 72.3 Å². The van der Waals surface area contributed by atoms with Gasteiger partial charge in [0.1, 0.15) is 0 Å². The van der Waals surface area contributed by atoms with Crippen molar-refractivity contribution in [2.75, 3.05) is 0 Å². The fourth-order valence-corrected chi connectivity index (χ4v) is 3.37. The van der Waals surface area contributed by atoms with Crippen molar-refractivity contribution < 1.29 is 9.53 Å². The second kappa shape index (κ2) is 13.2. The van der Waals surface area contributed by atoms with Crippen molar-refractivity contribution in [3.8, 4) is 11.8 Å². The Morgan fingerprint density at radius 2 is 1.85 bits per heavy atom. The van der Waals surface area contributed by atoms with Crippen LogP contribution in [0.15, 0.2) is 42.0 Å². The number of benzene rings is 1. The highest BCUT2D eigenvalue weighted by atomic mass is 16.5. The van der Waals surface area contributed by atoms with Gasteiger partial charge in [0.2, 0.25) is 0 Å². The summed E-state index contributed by atoms with van der Waals surface area (Å²) in [7, 11) is 0. The molecule has 0 heterocycles. The minimum atomic E-state index is -0.364. The van der Waals surface area contributed by atoms with Crippen LogP contribution in [0, 0.1) is 23.7 Å². The van der Waals surface area contributed by atoms with Crippen LogP contribution in [0.25, 0.3) is 0 Å².